The molecule has 0 unspecified atom stereocenters. The van der Waals surface area contributed by atoms with Crippen molar-refractivity contribution in [2.45, 2.75) is 42.9 Å². The first-order valence-corrected chi connectivity index (χ1v) is 12.4. The van der Waals surface area contributed by atoms with Gasteiger partial charge in [0.1, 0.15) is 6.10 Å². The number of carbonyl (C=O) groups is 1. The van der Waals surface area contributed by atoms with Gasteiger partial charge >= 0.3 is 0 Å². The number of para-hydroxylation sites is 1. The normalized spacial score (nSPS) is 15.6. The molecule has 0 radical (unpaired) electrons. The van der Waals surface area contributed by atoms with Crippen LogP contribution in [0.3, 0.4) is 0 Å². The molecule has 30 heavy (non-hydrogen) atoms. The standard InChI is InChI=1S/C22H24N2O4S2/c1-15(2)30(26,27)18-7-5-6-16(14-18)21(25)24-12-10-17(11-13-24)28-22-23-19-8-3-4-9-20(19)29-22/h3-9,14-15,17H,10-13H2,1-2H3. The molecule has 0 atom stereocenters. The average Bonchev–Trinajstić information content (AvgIpc) is 3.16. The van der Waals surface area contributed by atoms with E-state index in [1.165, 1.54) is 17.4 Å². The molecule has 1 aliphatic heterocycles. The lowest BCUT2D eigenvalue weighted by molar-refractivity contribution is 0.0595. The predicted molar refractivity (Wildman–Crippen MR) is 118 cm³/mol. The van der Waals surface area contributed by atoms with Gasteiger partial charge in [0.15, 0.2) is 9.84 Å². The third-order valence-corrected chi connectivity index (χ3v) is 8.38. The van der Waals surface area contributed by atoms with Gasteiger partial charge in [-0.2, -0.15) is 0 Å². The van der Waals surface area contributed by atoms with Crippen molar-refractivity contribution >= 4 is 37.3 Å². The number of carbonyl (C=O) groups excluding carboxylic acids is 1. The van der Waals surface area contributed by atoms with Gasteiger partial charge in [0, 0.05) is 31.5 Å². The van der Waals surface area contributed by atoms with Crippen molar-refractivity contribution in [2.75, 3.05) is 13.1 Å². The lowest BCUT2D eigenvalue weighted by Gasteiger charge is -2.31. The number of rotatable bonds is 5. The maximum Gasteiger partial charge on any atom is 0.274 e. The molecule has 1 aromatic heterocycles. The van der Waals surface area contributed by atoms with Gasteiger partial charge in [0.25, 0.3) is 11.1 Å². The zero-order valence-corrected chi connectivity index (χ0v) is 18.6. The van der Waals surface area contributed by atoms with E-state index in [0.717, 1.165) is 10.2 Å². The Labute approximate surface area is 180 Å². The number of thiazole rings is 1. The van der Waals surface area contributed by atoms with Crippen LogP contribution in [0.25, 0.3) is 10.2 Å². The molecule has 2 heterocycles. The molecule has 8 heteroatoms. The Morgan fingerprint density at radius 1 is 1.13 bits per heavy atom. The number of amides is 1. The molecule has 0 spiro atoms. The Kier molecular flexibility index (Phi) is 5.79. The topological polar surface area (TPSA) is 76.6 Å². The van der Waals surface area contributed by atoms with E-state index in [2.05, 4.69) is 4.98 Å². The summed E-state index contributed by atoms with van der Waals surface area (Å²) in [5, 5.41) is 0.130. The van der Waals surface area contributed by atoms with Crippen molar-refractivity contribution in [1.29, 1.82) is 0 Å². The third-order valence-electron chi connectivity index (χ3n) is 5.30. The summed E-state index contributed by atoms with van der Waals surface area (Å²) in [5.41, 5.74) is 1.34. The minimum atomic E-state index is -3.41. The number of piperidine rings is 1. The highest BCUT2D eigenvalue weighted by atomic mass is 32.2. The molecule has 1 amide bonds. The van der Waals surface area contributed by atoms with Crippen LogP contribution in [0.4, 0.5) is 0 Å². The number of aromatic nitrogens is 1. The first kappa shape index (κ1) is 20.8. The summed E-state index contributed by atoms with van der Waals surface area (Å²) in [6.07, 6.45) is 1.44. The second kappa shape index (κ2) is 8.35. The molecule has 3 aromatic rings. The summed E-state index contributed by atoms with van der Waals surface area (Å²) in [6.45, 7) is 4.41. The Balaban J connectivity index is 1.40. The molecule has 1 fully saturated rings. The van der Waals surface area contributed by atoms with E-state index in [4.69, 9.17) is 4.74 Å². The van der Waals surface area contributed by atoms with Crippen LogP contribution in [0.1, 0.15) is 37.0 Å². The number of hydrogen-bond acceptors (Lipinski definition) is 6. The molecule has 0 saturated carbocycles. The van der Waals surface area contributed by atoms with Crippen LogP contribution in [-0.2, 0) is 9.84 Å². The highest BCUT2D eigenvalue weighted by Crippen LogP contribution is 2.29. The predicted octanol–water partition coefficient (Wildman–Crippen LogP) is 4.16. The van der Waals surface area contributed by atoms with Gasteiger partial charge in [-0.15, -0.1) is 0 Å². The van der Waals surface area contributed by atoms with E-state index >= 15 is 0 Å². The minimum Gasteiger partial charge on any atom is -0.467 e. The molecule has 4 rings (SSSR count). The van der Waals surface area contributed by atoms with E-state index in [0.29, 0.717) is 36.7 Å². The van der Waals surface area contributed by atoms with Crippen LogP contribution in [-0.4, -0.2) is 48.7 Å². The Bertz CT molecular complexity index is 1130. The number of ether oxygens (including phenoxy) is 1. The number of hydrogen-bond donors (Lipinski definition) is 0. The fourth-order valence-corrected chi connectivity index (χ4v) is 5.47. The summed E-state index contributed by atoms with van der Waals surface area (Å²) in [6, 6.07) is 14.3. The molecular formula is C22H24N2O4S2. The van der Waals surface area contributed by atoms with Crippen molar-refractivity contribution < 1.29 is 17.9 Å². The highest BCUT2D eigenvalue weighted by molar-refractivity contribution is 7.92. The summed E-state index contributed by atoms with van der Waals surface area (Å²) in [7, 11) is -3.41. The second-order valence-corrected chi connectivity index (χ2v) is 11.2. The zero-order valence-electron chi connectivity index (χ0n) is 16.9. The van der Waals surface area contributed by atoms with Gasteiger partial charge in [-0.25, -0.2) is 13.4 Å². The molecule has 1 saturated heterocycles. The number of likely N-dealkylation sites (tertiary alicyclic amines) is 1. The third kappa shape index (κ3) is 4.20. The van der Waals surface area contributed by atoms with Crippen molar-refractivity contribution in [3.8, 4) is 5.19 Å². The fourth-order valence-electron chi connectivity index (χ4n) is 3.48. The quantitative estimate of drug-likeness (QED) is 0.591. The lowest BCUT2D eigenvalue weighted by atomic mass is 10.1. The van der Waals surface area contributed by atoms with Crippen LogP contribution >= 0.6 is 11.3 Å². The van der Waals surface area contributed by atoms with Crippen LogP contribution < -0.4 is 4.74 Å². The highest BCUT2D eigenvalue weighted by Gasteiger charge is 2.27. The van der Waals surface area contributed by atoms with Crippen LogP contribution in [0.2, 0.25) is 0 Å². The first-order valence-electron chi connectivity index (χ1n) is 10.00. The molecule has 0 aliphatic carbocycles. The lowest BCUT2D eigenvalue weighted by Crippen LogP contribution is -2.41. The summed E-state index contributed by atoms with van der Waals surface area (Å²) in [4.78, 5) is 19.4. The number of nitrogens with zero attached hydrogens (tertiary/aromatic N) is 2. The van der Waals surface area contributed by atoms with Crippen molar-refractivity contribution in [3.05, 3.63) is 54.1 Å². The number of fused-ring (bicyclic) bond motifs is 1. The molecule has 2 aromatic carbocycles. The monoisotopic (exact) mass is 444 g/mol. The number of sulfone groups is 1. The minimum absolute atomic E-state index is 0.0160. The molecule has 158 valence electrons. The van der Waals surface area contributed by atoms with Gasteiger partial charge in [0.2, 0.25) is 0 Å². The maximum atomic E-state index is 12.9. The first-order chi connectivity index (χ1) is 14.3. The van der Waals surface area contributed by atoms with Gasteiger partial charge in [-0.3, -0.25) is 4.79 Å². The Morgan fingerprint density at radius 3 is 2.57 bits per heavy atom. The molecule has 0 N–H and O–H groups in total. The van der Waals surface area contributed by atoms with Gasteiger partial charge in [-0.1, -0.05) is 29.5 Å². The molecule has 0 bridgehead atoms. The van der Waals surface area contributed by atoms with E-state index in [-0.39, 0.29) is 16.9 Å². The van der Waals surface area contributed by atoms with Crippen molar-refractivity contribution in [1.82, 2.24) is 9.88 Å². The van der Waals surface area contributed by atoms with E-state index in [1.54, 1.807) is 36.9 Å². The van der Waals surface area contributed by atoms with E-state index in [1.807, 2.05) is 24.3 Å². The Morgan fingerprint density at radius 2 is 1.87 bits per heavy atom. The van der Waals surface area contributed by atoms with Crippen molar-refractivity contribution in [3.63, 3.8) is 0 Å². The van der Waals surface area contributed by atoms with Crippen LogP contribution in [0, 0.1) is 0 Å². The number of benzene rings is 2. The fraction of sp³-hybridized carbons (Fsp3) is 0.364. The second-order valence-electron chi connectivity index (χ2n) is 7.68. The molecule has 1 aliphatic rings. The van der Waals surface area contributed by atoms with Crippen molar-refractivity contribution in [2.24, 2.45) is 0 Å². The molecular weight excluding hydrogens is 420 g/mol. The zero-order chi connectivity index (χ0) is 21.3. The maximum absolute atomic E-state index is 12.9. The van der Waals surface area contributed by atoms with Gasteiger partial charge in [0.05, 0.1) is 20.4 Å². The van der Waals surface area contributed by atoms with E-state index < -0.39 is 15.1 Å². The van der Waals surface area contributed by atoms with Gasteiger partial charge < -0.3 is 9.64 Å². The average molecular weight is 445 g/mol. The van der Waals surface area contributed by atoms with Gasteiger partial charge in [-0.05, 0) is 44.2 Å². The summed E-state index contributed by atoms with van der Waals surface area (Å²) >= 11 is 1.53. The largest absolute Gasteiger partial charge is 0.467 e. The van der Waals surface area contributed by atoms with Crippen LogP contribution in [0.5, 0.6) is 5.19 Å². The smallest absolute Gasteiger partial charge is 0.274 e. The summed E-state index contributed by atoms with van der Waals surface area (Å²) in [5.74, 6) is -0.144. The summed E-state index contributed by atoms with van der Waals surface area (Å²) < 4.78 is 32.0. The SMILES string of the molecule is CC(C)S(=O)(=O)c1cccc(C(=O)N2CCC(Oc3nc4ccccc4s3)CC2)c1. The Hall–Kier alpha value is -2.45. The molecule has 6 nitrogen and oxygen atoms in total. The van der Waals surface area contributed by atoms with Crippen LogP contribution in [0.15, 0.2) is 53.4 Å². The van der Waals surface area contributed by atoms with E-state index in [9.17, 15) is 13.2 Å².